The molecule has 0 amide bonds. The fraction of sp³-hybridized carbons (Fsp3) is 0.500. The number of hydrogen-bond acceptors (Lipinski definition) is 2. The Bertz CT molecular complexity index is 339. The van der Waals surface area contributed by atoms with Crippen LogP contribution in [-0.4, -0.2) is 0 Å². The molecule has 3 rings (SSSR count). The zero-order valence-corrected chi connectivity index (χ0v) is 8.29. The first-order valence-corrected chi connectivity index (χ1v) is 5.45. The zero-order chi connectivity index (χ0) is 9.71. The molecule has 0 aliphatic heterocycles. The third-order valence-corrected chi connectivity index (χ3v) is 3.33. The normalized spacial score (nSPS) is 21.1. The lowest BCUT2D eigenvalue weighted by Crippen LogP contribution is -2.02. The first-order chi connectivity index (χ1) is 6.77. The van der Waals surface area contributed by atoms with Gasteiger partial charge in [-0.05, 0) is 60.8 Å². The van der Waals surface area contributed by atoms with Crippen LogP contribution >= 0.6 is 0 Å². The number of benzene rings is 1. The molecule has 2 saturated carbocycles. The van der Waals surface area contributed by atoms with Crippen molar-refractivity contribution in [1.29, 1.82) is 0 Å². The molecule has 1 aromatic rings. The molecule has 2 aliphatic carbocycles. The number of anilines is 2. The highest BCUT2D eigenvalue weighted by Crippen LogP contribution is 2.52. The molecule has 0 unspecified atom stereocenters. The Hall–Kier alpha value is -1.18. The van der Waals surface area contributed by atoms with Crippen LogP contribution in [0.2, 0.25) is 0 Å². The maximum atomic E-state index is 6.04. The first-order valence-electron chi connectivity index (χ1n) is 5.45. The van der Waals surface area contributed by atoms with Crippen LogP contribution in [0.1, 0.15) is 48.6 Å². The number of nitrogen functional groups attached to an aromatic ring is 2. The van der Waals surface area contributed by atoms with Crippen molar-refractivity contribution in [2.45, 2.75) is 37.5 Å². The smallest absolute Gasteiger partial charge is 0.0353 e. The lowest BCUT2D eigenvalue weighted by Gasteiger charge is -2.13. The van der Waals surface area contributed by atoms with Gasteiger partial charge >= 0.3 is 0 Å². The van der Waals surface area contributed by atoms with Gasteiger partial charge in [0.25, 0.3) is 0 Å². The summed E-state index contributed by atoms with van der Waals surface area (Å²) in [6.07, 6.45) is 5.20. The molecule has 2 heteroatoms. The average Bonchev–Trinajstić information content (AvgIpc) is 3.02. The van der Waals surface area contributed by atoms with Gasteiger partial charge in [0.1, 0.15) is 0 Å². The second kappa shape index (κ2) is 2.66. The SMILES string of the molecule is Nc1ccc(N)c(C2CC2)c1C1CC1. The van der Waals surface area contributed by atoms with Crippen LogP contribution in [0.4, 0.5) is 11.4 Å². The van der Waals surface area contributed by atoms with Crippen molar-refractivity contribution < 1.29 is 0 Å². The molecule has 0 radical (unpaired) electrons. The highest BCUT2D eigenvalue weighted by Gasteiger charge is 2.35. The molecule has 0 aromatic heterocycles. The quantitative estimate of drug-likeness (QED) is 0.701. The van der Waals surface area contributed by atoms with E-state index in [0.717, 1.165) is 11.4 Å². The fourth-order valence-electron chi connectivity index (χ4n) is 2.33. The largest absolute Gasteiger partial charge is 0.398 e. The van der Waals surface area contributed by atoms with Crippen LogP contribution in [0.5, 0.6) is 0 Å². The van der Waals surface area contributed by atoms with Gasteiger partial charge in [-0.15, -0.1) is 0 Å². The molecule has 1 aromatic carbocycles. The summed E-state index contributed by atoms with van der Waals surface area (Å²) in [6.45, 7) is 0. The van der Waals surface area contributed by atoms with Crippen molar-refractivity contribution in [3.8, 4) is 0 Å². The van der Waals surface area contributed by atoms with Crippen molar-refractivity contribution >= 4 is 11.4 Å². The van der Waals surface area contributed by atoms with E-state index in [1.54, 1.807) is 0 Å². The van der Waals surface area contributed by atoms with E-state index in [-0.39, 0.29) is 0 Å². The minimum absolute atomic E-state index is 0.717. The van der Waals surface area contributed by atoms with Gasteiger partial charge in [0.2, 0.25) is 0 Å². The van der Waals surface area contributed by atoms with E-state index in [1.165, 1.54) is 36.8 Å². The lowest BCUT2D eigenvalue weighted by molar-refractivity contribution is 1.03. The van der Waals surface area contributed by atoms with Gasteiger partial charge in [-0.2, -0.15) is 0 Å². The maximum absolute atomic E-state index is 6.04. The highest BCUT2D eigenvalue weighted by atomic mass is 14.6. The summed E-state index contributed by atoms with van der Waals surface area (Å²) in [7, 11) is 0. The molecule has 14 heavy (non-hydrogen) atoms. The van der Waals surface area contributed by atoms with E-state index in [9.17, 15) is 0 Å². The molecule has 0 spiro atoms. The van der Waals surface area contributed by atoms with Crippen LogP contribution in [-0.2, 0) is 0 Å². The molecular weight excluding hydrogens is 172 g/mol. The second-order valence-electron chi connectivity index (χ2n) is 4.62. The van der Waals surface area contributed by atoms with Crippen molar-refractivity contribution in [2.75, 3.05) is 11.5 Å². The molecule has 4 N–H and O–H groups in total. The van der Waals surface area contributed by atoms with Gasteiger partial charge in [-0.25, -0.2) is 0 Å². The summed E-state index contributed by atoms with van der Waals surface area (Å²) in [5.74, 6) is 1.43. The van der Waals surface area contributed by atoms with Crippen LogP contribution in [0, 0.1) is 0 Å². The topological polar surface area (TPSA) is 52.0 Å². The summed E-state index contributed by atoms with van der Waals surface area (Å²) in [4.78, 5) is 0. The van der Waals surface area contributed by atoms with Gasteiger partial charge in [0, 0.05) is 11.4 Å². The fourth-order valence-corrected chi connectivity index (χ4v) is 2.33. The Morgan fingerprint density at radius 3 is 1.43 bits per heavy atom. The number of nitrogens with two attached hydrogens (primary N) is 2. The van der Waals surface area contributed by atoms with Gasteiger partial charge in [0.05, 0.1) is 0 Å². The van der Waals surface area contributed by atoms with Crippen molar-refractivity contribution in [2.24, 2.45) is 0 Å². The molecule has 74 valence electrons. The molecule has 0 bridgehead atoms. The Balaban J connectivity index is 2.15. The maximum Gasteiger partial charge on any atom is 0.0353 e. The third-order valence-electron chi connectivity index (χ3n) is 3.33. The zero-order valence-electron chi connectivity index (χ0n) is 8.29. The van der Waals surface area contributed by atoms with Crippen LogP contribution in [0.3, 0.4) is 0 Å². The highest BCUT2D eigenvalue weighted by molar-refractivity contribution is 5.66. The monoisotopic (exact) mass is 188 g/mol. The van der Waals surface area contributed by atoms with E-state index < -0.39 is 0 Å². The molecule has 2 fully saturated rings. The number of rotatable bonds is 2. The third kappa shape index (κ3) is 1.17. The van der Waals surface area contributed by atoms with E-state index >= 15 is 0 Å². The Morgan fingerprint density at radius 2 is 1.14 bits per heavy atom. The van der Waals surface area contributed by atoms with Gasteiger partial charge < -0.3 is 11.5 Å². The Labute approximate surface area is 84.3 Å². The summed E-state index contributed by atoms with van der Waals surface area (Å²) in [5, 5.41) is 0. The standard InChI is InChI=1S/C12H16N2/c13-9-5-6-10(14)12(8-3-4-8)11(9)7-1-2-7/h5-8H,1-4,13-14H2. The van der Waals surface area contributed by atoms with Crippen molar-refractivity contribution in [1.82, 2.24) is 0 Å². The molecule has 0 saturated heterocycles. The van der Waals surface area contributed by atoms with Gasteiger partial charge in [0.15, 0.2) is 0 Å². The summed E-state index contributed by atoms with van der Waals surface area (Å²) >= 11 is 0. The number of hydrogen-bond donors (Lipinski definition) is 2. The van der Waals surface area contributed by atoms with Crippen LogP contribution in [0.15, 0.2) is 12.1 Å². The Morgan fingerprint density at radius 1 is 0.786 bits per heavy atom. The van der Waals surface area contributed by atoms with Crippen molar-refractivity contribution in [3.05, 3.63) is 23.3 Å². The summed E-state index contributed by atoms with van der Waals surface area (Å²) in [5.41, 5.74) is 16.8. The minimum Gasteiger partial charge on any atom is -0.398 e. The van der Waals surface area contributed by atoms with E-state index in [4.69, 9.17) is 11.5 Å². The Kier molecular flexibility index (Phi) is 1.55. The second-order valence-corrected chi connectivity index (χ2v) is 4.62. The predicted molar refractivity (Wildman–Crippen MR) is 59.2 cm³/mol. The van der Waals surface area contributed by atoms with Gasteiger partial charge in [-0.3, -0.25) is 0 Å². The van der Waals surface area contributed by atoms with Crippen LogP contribution in [0.25, 0.3) is 0 Å². The summed E-state index contributed by atoms with van der Waals surface area (Å²) < 4.78 is 0. The molecule has 2 aliphatic rings. The molecule has 0 atom stereocenters. The lowest BCUT2D eigenvalue weighted by atomic mass is 9.96. The predicted octanol–water partition coefficient (Wildman–Crippen LogP) is 2.61. The van der Waals surface area contributed by atoms with E-state index in [2.05, 4.69) is 0 Å². The van der Waals surface area contributed by atoms with Crippen molar-refractivity contribution in [3.63, 3.8) is 0 Å². The van der Waals surface area contributed by atoms with E-state index in [0.29, 0.717) is 11.8 Å². The molecular formula is C12H16N2. The minimum atomic E-state index is 0.717. The average molecular weight is 188 g/mol. The summed E-state index contributed by atoms with van der Waals surface area (Å²) in [6, 6.07) is 3.93. The molecule has 0 heterocycles. The van der Waals surface area contributed by atoms with Crippen LogP contribution < -0.4 is 11.5 Å². The van der Waals surface area contributed by atoms with E-state index in [1.807, 2.05) is 12.1 Å². The molecule has 2 nitrogen and oxygen atoms in total. The van der Waals surface area contributed by atoms with Gasteiger partial charge in [-0.1, -0.05) is 0 Å². The first kappa shape index (κ1) is 8.16.